The molecule has 2 unspecified atom stereocenters. The lowest BCUT2D eigenvalue weighted by Gasteiger charge is -2.27. The molecule has 1 aromatic carbocycles. The van der Waals surface area contributed by atoms with Crippen molar-refractivity contribution in [1.82, 2.24) is 4.90 Å². The Balaban J connectivity index is 0.00000162. The summed E-state index contributed by atoms with van der Waals surface area (Å²) in [6, 6.07) is 9.28. The second kappa shape index (κ2) is 7.49. The van der Waals surface area contributed by atoms with Crippen molar-refractivity contribution in [3.63, 3.8) is 0 Å². The van der Waals surface area contributed by atoms with Crippen molar-refractivity contribution >= 4 is 28.3 Å². The first kappa shape index (κ1) is 16.0. The molecular weight excluding hydrogens is 312 g/mol. The maximum Gasteiger partial charge on any atom is 0.0345 e. The molecule has 2 nitrogen and oxygen atoms in total. The minimum absolute atomic E-state index is 0. The van der Waals surface area contributed by atoms with Crippen LogP contribution in [-0.2, 0) is 0 Å². The highest BCUT2D eigenvalue weighted by molar-refractivity contribution is 9.10. The average Bonchev–Trinajstić information content (AvgIpc) is 2.81. The Kier molecular flexibility index (Phi) is 6.64. The van der Waals surface area contributed by atoms with E-state index in [-0.39, 0.29) is 12.4 Å². The van der Waals surface area contributed by atoms with Gasteiger partial charge >= 0.3 is 0 Å². The number of nitrogens with two attached hydrogens (primary N) is 1. The number of nitrogens with zero attached hydrogens (tertiary/aromatic N) is 1. The molecule has 0 aromatic heterocycles. The fraction of sp³-hybridized carbons (Fsp3) is 0.571. The Morgan fingerprint density at radius 1 is 1.39 bits per heavy atom. The van der Waals surface area contributed by atoms with Crippen LogP contribution < -0.4 is 5.73 Å². The van der Waals surface area contributed by atoms with E-state index in [9.17, 15) is 0 Å². The Morgan fingerprint density at radius 2 is 2.06 bits per heavy atom. The summed E-state index contributed by atoms with van der Waals surface area (Å²) in [6.45, 7) is 5.44. The number of benzene rings is 1. The van der Waals surface area contributed by atoms with E-state index in [1.54, 1.807) is 0 Å². The van der Waals surface area contributed by atoms with E-state index in [1.807, 2.05) is 0 Å². The van der Waals surface area contributed by atoms with Crippen LogP contribution in [-0.4, -0.2) is 24.5 Å². The number of likely N-dealkylation sites (tertiary alicyclic amines) is 1. The van der Waals surface area contributed by atoms with Gasteiger partial charge in [0.25, 0.3) is 0 Å². The molecule has 4 heteroatoms. The number of hydrogen-bond donors (Lipinski definition) is 1. The van der Waals surface area contributed by atoms with Crippen LogP contribution in [0.15, 0.2) is 28.7 Å². The molecule has 1 saturated heterocycles. The summed E-state index contributed by atoms with van der Waals surface area (Å²) in [5.41, 5.74) is 7.19. The van der Waals surface area contributed by atoms with Gasteiger partial charge in [-0.15, -0.1) is 12.4 Å². The van der Waals surface area contributed by atoms with Crippen LogP contribution in [0.3, 0.4) is 0 Å². The van der Waals surface area contributed by atoms with Crippen LogP contribution in [0.2, 0.25) is 0 Å². The highest BCUT2D eigenvalue weighted by atomic mass is 79.9. The quantitative estimate of drug-likeness (QED) is 0.912. The fourth-order valence-corrected chi connectivity index (χ4v) is 2.99. The van der Waals surface area contributed by atoms with Gasteiger partial charge in [-0.05, 0) is 49.5 Å². The van der Waals surface area contributed by atoms with Gasteiger partial charge in [-0.2, -0.15) is 0 Å². The maximum atomic E-state index is 5.76. The predicted molar refractivity (Wildman–Crippen MR) is 83.2 cm³/mol. The second-order valence-electron chi connectivity index (χ2n) is 4.86. The van der Waals surface area contributed by atoms with Gasteiger partial charge in [0.1, 0.15) is 0 Å². The molecule has 18 heavy (non-hydrogen) atoms. The van der Waals surface area contributed by atoms with Gasteiger partial charge in [-0.1, -0.05) is 35.0 Å². The molecule has 0 saturated carbocycles. The molecule has 1 heterocycles. The minimum atomic E-state index is 0. The summed E-state index contributed by atoms with van der Waals surface area (Å²) < 4.78 is 1.15. The van der Waals surface area contributed by atoms with Gasteiger partial charge in [0, 0.05) is 17.1 Å². The van der Waals surface area contributed by atoms with Gasteiger partial charge in [-0.3, -0.25) is 4.90 Å². The zero-order valence-electron chi connectivity index (χ0n) is 10.8. The largest absolute Gasteiger partial charge is 0.330 e. The highest BCUT2D eigenvalue weighted by Gasteiger charge is 2.27. The van der Waals surface area contributed by atoms with Gasteiger partial charge in [-0.25, -0.2) is 0 Å². The summed E-state index contributed by atoms with van der Waals surface area (Å²) in [5.74, 6) is 0.694. The maximum absolute atomic E-state index is 5.76. The average molecular weight is 334 g/mol. The number of halogens is 2. The normalized spacial score (nSPS) is 21.6. The zero-order valence-corrected chi connectivity index (χ0v) is 13.2. The Labute approximate surface area is 124 Å². The van der Waals surface area contributed by atoms with Crippen LogP contribution in [0.1, 0.15) is 31.4 Å². The Bertz CT molecular complexity index is 355. The summed E-state index contributed by atoms with van der Waals surface area (Å²) in [4.78, 5) is 2.58. The Hall–Kier alpha value is -0.0900. The van der Waals surface area contributed by atoms with E-state index >= 15 is 0 Å². The van der Waals surface area contributed by atoms with E-state index < -0.39 is 0 Å². The molecule has 0 spiro atoms. The van der Waals surface area contributed by atoms with Crippen LogP contribution in [0, 0.1) is 5.92 Å². The summed E-state index contributed by atoms with van der Waals surface area (Å²) in [7, 11) is 0. The number of rotatable bonds is 4. The lowest BCUT2D eigenvalue weighted by atomic mass is 10.0. The molecule has 1 fully saturated rings. The lowest BCUT2D eigenvalue weighted by molar-refractivity contribution is 0.231. The smallest absolute Gasteiger partial charge is 0.0345 e. The molecule has 102 valence electrons. The summed E-state index contributed by atoms with van der Waals surface area (Å²) in [5, 5.41) is 0. The molecule has 1 aliphatic heterocycles. The molecule has 2 N–H and O–H groups in total. The van der Waals surface area contributed by atoms with Gasteiger partial charge < -0.3 is 5.73 Å². The first-order chi connectivity index (χ1) is 8.24. The van der Waals surface area contributed by atoms with Crippen molar-refractivity contribution in [2.24, 2.45) is 11.7 Å². The topological polar surface area (TPSA) is 29.3 Å². The van der Waals surface area contributed by atoms with E-state index in [4.69, 9.17) is 5.73 Å². The van der Waals surface area contributed by atoms with Crippen molar-refractivity contribution in [3.8, 4) is 0 Å². The lowest BCUT2D eigenvalue weighted by Crippen LogP contribution is -2.27. The third kappa shape index (κ3) is 3.70. The number of hydrogen-bond acceptors (Lipinski definition) is 2. The van der Waals surface area contributed by atoms with Crippen molar-refractivity contribution in [3.05, 3.63) is 34.3 Å². The van der Waals surface area contributed by atoms with E-state index in [2.05, 4.69) is 52.0 Å². The fourth-order valence-electron chi connectivity index (χ4n) is 2.73. The molecular formula is C14H22BrClN2. The third-order valence-electron chi connectivity index (χ3n) is 3.73. The first-order valence-electron chi connectivity index (χ1n) is 6.44. The van der Waals surface area contributed by atoms with Crippen LogP contribution >= 0.6 is 28.3 Å². The van der Waals surface area contributed by atoms with Crippen LogP contribution in [0.5, 0.6) is 0 Å². The Morgan fingerprint density at radius 3 is 2.56 bits per heavy atom. The highest BCUT2D eigenvalue weighted by Crippen LogP contribution is 2.30. The van der Waals surface area contributed by atoms with Crippen LogP contribution in [0.25, 0.3) is 0 Å². The van der Waals surface area contributed by atoms with Crippen molar-refractivity contribution in [2.45, 2.75) is 25.8 Å². The van der Waals surface area contributed by atoms with Crippen molar-refractivity contribution in [2.75, 3.05) is 19.6 Å². The molecule has 1 aromatic rings. The molecule has 0 radical (unpaired) electrons. The molecule has 2 atom stereocenters. The van der Waals surface area contributed by atoms with E-state index in [1.165, 1.54) is 24.9 Å². The van der Waals surface area contributed by atoms with Gasteiger partial charge in [0.05, 0.1) is 0 Å². The predicted octanol–water partition coefficient (Wildman–Crippen LogP) is 3.60. The minimum Gasteiger partial charge on any atom is -0.330 e. The van der Waals surface area contributed by atoms with E-state index in [0.29, 0.717) is 12.0 Å². The molecule has 0 bridgehead atoms. The first-order valence-corrected chi connectivity index (χ1v) is 7.23. The third-order valence-corrected chi connectivity index (χ3v) is 4.26. The summed E-state index contributed by atoms with van der Waals surface area (Å²) >= 11 is 3.49. The van der Waals surface area contributed by atoms with Crippen LogP contribution in [0.4, 0.5) is 0 Å². The molecule has 2 rings (SSSR count). The summed E-state index contributed by atoms with van der Waals surface area (Å²) in [6.07, 6.45) is 2.42. The molecule has 0 amide bonds. The van der Waals surface area contributed by atoms with Gasteiger partial charge in [0.2, 0.25) is 0 Å². The standard InChI is InChI=1S/C14H21BrN2.ClH/c1-2-14(12-3-5-13(15)6-4-12)17-8-7-11(9-16)10-17;/h3-6,11,14H,2,7-10,16H2,1H3;1H. The van der Waals surface area contributed by atoms with Crippen molar-refractivity contribution < 1.29 is 0 Å². The SMILES string of the molecule is CCC(c1ccc(Br)cc1)N1CCC(CN)C1.Cl. The molecule has 1 aliphatic rings. The van der Waals surface area contributed by atoms with Gasteiger partial charge in [0.15, 0.2) is 0 Å². The monoisotopic (exact) mass is 332 g/mol. The molecule has 0 aliphatic carbocycles. The second-order valence-corrected chi connectivity index (χ2v) is 5.78. The van der Waals surface area contributed by atoms with E-state index in [0.717, 1.165) is 17.6 Å². The zero-order chi connectivity index (χ0) is 12.3. The van der Waals surface area contributed by atoms with Crippen molar-refractivity contribution in [1.29, 1.82) is 0 Å².